The fraction of sp³-hybridized carbons (Fsp3) is 1.00. The number of hydrogen-bond donors (Lipinski definition) is 1. The van der Waals surface area contributed by atoms with Crippen molar-refractivity contribution in [1.82, 2.24) is 0 Å². The van der Waals surface area contributed by atoms with Crippen molar-refractivity contribution in [3.8, 4) is 0 Å². The van der Waals surface area contributed by atoms with E-state index < -0.39 is 0 Å². The van der Waals surface area contributed by atoms with Crippen LogP contribution in [0.4, 0.5) is 0 Å². The molecule has 7 radical (unpaired) electrons. The largest absolute Gasteiger partial charge is 0.400 e. The van der Waals surface area contributed by atoms with Gasteiger partial charge in [0.25, 0.3) is 0 Å². The molecule has 2 fully saturated rings. The van der Waals surface area contributed by atoms with E-state index in [-0.39, 0.29) is 42.8 Å². The molecule has 2 aliphatic carbocycles. The third-order valence-electron chi connectivity index (χ3n) is 3.20. The summed E-state index contributed by atoms with van der Waals surface area (Å²) in [5.41, 5.74) is 0. The second-order valence-corrected chi connectivity index (χ2v) is 4.24. The van der Waals surface area contributed by atoms with Gasteiger partial charge in [0.05, 0.1) is 0 Å². The fourth-order valence-electron chi connectivity index (χ4n) is 1.51. The van der Waals surface area contributed by atoms with Crippen LogP contribution in [0.25, 0.3) is 0 Å². The average Bonchev–Trinajstić information content (AvgIpc) is 2.45. The normalized spacial score (nSPS) is 12.8. The number of aliphatic hydroxyl groups is 1. The Morgan fingerprint density at radius 1 is 0.826 bits per heavy atom. The summed E-state index contributed by atoms with van der Waals surface area (Å²) in [5, 5.41) is 7.00. The van der Waals surface area contributed by atoms with Crippen LogP contribution in [0.5, 0.6) is 0 Å². The molecule has 2 aliphatic rings. The summed E-state index contributed by atoms with van der Waals surface area (Å²) in [6.07, 6.45) is 10.4. The van der Waals surface area contributed by atoms with Crippen molar-refractivity contribution < 1.29 is 23.7 Å². The summed E-state index contributed by atoms with van der Waals surface area (Å²) in [6.45, 7) is 12.6. The van der Waals surface area contributed by atoms with E-state index >= 15 is 0 Å². The predicted octanol–water partition coefficient (Wildman–Crippen LogP) is 6.59. The van der Waals surface area contributed by atoms with Gasteiger partial charge in [-0.1, -0.05) is 117 Å². The quantitative estimate of drug-likeness (QED) is 0.257. The minimum atomic E-state index is 0. The number of rotatable bonds is 1. The van der Waals surface area contributed by atoms with Crippen molar-refractivity contribution in [2.75, 3.05) is 12.0 Å². The first kappa shape index (κ1) is 49.7. The maximum atomic E-state index is 7.00. The summed E-state index contributed by atoms with van der Waals surface area (Å²) in [6, 6.07) is 0. The zero-order valence-corrected chi connectivity index (χ0v) is 20.1. The molecule has 0 aliphatic heterocycles. The summed E-state index contributed by atoms with van der Waals surface area (Å²) in [7, 11) is 1.00. The van der Waals surface area contributed by atoms with Gasteiger partial charge in [-0.2, -0.15) is 0 Å². The van der Waals surface area contributed by atoms with Crippen LogP contribution in [-0.2, 0) is 18.6 Å². The van der Waals surface area contributed by atoms with Crippen LogP contribution >= 0.6 is 22.6 Å². The Kier molecular flexibility index (Phi) is 122. The van der Waals surface area contributed by atoms with Crippen LogP contribution in [0.2, 0.25) is 0 Å². The Labute approximate surface area is 180 Å². The minimum Gasteiger partial charge on any atom is -0.400 e. The van der Waals surface area contributed by atoms with Gasteiger partial charge in [-0.05, 0) is 16.8 Å². The topological polar surface area (TPSA) is 20.2 Å². The van der Waals surface area contributed by atoms with Gasteiger partial charge >= 0.3 is 0 Å². The van der Waals surface area contributed by atoms with E-state index in [1.807, 2.05) is 32.6 Å². The summed E-state index contributed by atoms with van der Waals surface area (Å²) in [5.74, 6) is 2.18. The van der Waals surface area contributed by atoms with Crippen molar-refractivity contribution in [3.05, 3.63) is 0 Å². The molecule has 0 spiro atoms. The van der Waals surface area contributed by atoms with E-state index in [2.05, 4.69) is 36.4 Å². The molecule has 0 bridgehead atoms. The van der Waals surface area contributed by atoms with E-state index in [0.717, 1.165) is 18.9 Å². The molecule has 23 heavy (non-hydrogen) atoms. The Hall–Kier alpha value is 1.40. The number of alkyl halides is 1. The molecule has 1 N–H and O–H groups in total. The van der Waals surface area contributed by atoms with Crippen LogP contribution in [-0.4, -0.2) is 34.0 Å². The van der Waals surface area contributed by atoms with Crippen molar-refractivity contribution in [2.45, 2.75) is 93.9 Å². The second kappa shape index (κ2) is 56.6. The number of aliphatic hydroxyl groups excluding tert-OH is 1. The smallest absolute Gasteiger partial charge is 0.0319 e. The zero-order chi connectivity index (χ0) is 16.1. The minimum absolute atomic E-state index is 0. The first-order valence-electron chi connectivity index (χ1n) is 8.15. The van der Waals surface area contributed by atoms with Crippen LogP contribution in [0, 0.1) is 11.8 Å². The second-order valence-electron chi connectivity index (χ2n) is 4.24. The SMILES string of the molecule is C.CC.CC.CC1CCC1.CCC1CCC1.CI.CO.[B].[B].[V]. The first-order chi connectivity index (χ1) is 9.33. The van der Waals surface area contributed by atoms with Crippen molar-refractivity contribution in [1.29, 1.82) is 0 Å². The Morgan fingerprint density at radius 2 is 1.04 bits per heavy atom. The summed E-state index contributed by atoms with van der Waals surface area (Å²) >= 11 is 2.15. The molecule has 0 saturated heterocycles. The van der Waals surface area contributed by atoms with Gasteiger partial charge < -0.3 is 5.11 Å². The molecular formula is C18H45B2IOV. The molecule has 5 heteroatoms. The molecule has 0 aromatic heterocycles. The summed E-state index contributed by atoms with van der Waals surface area (Å²) < 4.78 is 0. The number of hydrogen-bond acceptors (Lipinski definition) is 1. The van der Waals surface area contributed by atoms with Crippen LogP contribution < -0.4 is 0 Å². The monoisotopic (exact) mass is 477 g/mol. The number of halogens is 1. The van der Waals surface area contributed by atoms with E-state index in [9.17, 15) is 0 Å². The Bertz CT molecular complexity index is 112. The molecule has 0 heterocycles. The van der Waals surface area contributed by atoms with Gasteiger partial charge in [0.1, 0.15) is 0 Å². The first-order valence-corrected chi connectivity index (χ1v) is 10.3. The molecule has 0 amide bonds. The third-order valence-corrected chi connectivity index (χ3v) is 3.20. The Morgan fingerprint density at radius 3 is 1.04 bits per heavy atom. The van der Waals surface area contributed by atoms with Gasteiger partial charge in [0.15, 0.2) is 0 Å². The average molecular weight is 477 g/mol. The van der Waals surface area contributed by atoms with Gasteiger partial charge in [-0.15, -0.1) is 0 Å². The van der Waals surface area contributed by atoms with Crippen molar-refractivity contribution in [2.24, 2.45) is 11.8 Å². The predicted molar refractivity (Wildman–Crippen MR) is 120 cm³/mol. The maximum absolute atomic E-state index is 7.00. The molecule has 0 unspecified atom stereocenters. The molecule has 2 rings (SSSR count). The van der Waals surface area contributed by atoms with E-state index in [1.54, 1.807) is 0 Å². The van der Waals surface area contributed by atoms with Crippen molar-refractivity contribution in [3.63, 3.8) is 0 Å². The Balaban J connectivity index is -0.0000000205. The fourth-order valence-corrected chi connectivity index (χ4v) is 1.51. The molecule has 2 saturated carbocycles. The molecule has 0 atom stereocenters. The van der Waals surface area contributed by atoms with Crippen LogP contribution in [0.15, 0.2) is 0 Å². The van der Waals surface area contributed by atoms with Gasteiger partial charge in [0, 0.05) is 42.5 Å². The standard InChI is InChI=1S/C6H12.C5H10.2C2H6.CH3I.CH4O.CH4.2B.V/c1-2-6-4-3-5-6;1-5-3-2-4-5;4*1-2;;;;/h6H,2-5H2,1H3;5H,2-4H2,1H3;2*1-2H3;1H3;2H,1H3;1H4;;;. The van der Waals surface area contributed by atoms with Gasteiger partial charge in [-0.3, -0.25) is 0 Å². The molecule has 0 aromatic carbocycles. The summed E-state index contributed by atoms with van der Waals surface area (Å²) in [4.78, 5) is 1.97. The maximum Gasteiger partial charge on any atom is 0.0319 e. The van der Waals surface area contributed by atoms with E-state index in [0.29, 0.717) is 0 Å². The van der Waals surface area contributed by atoms with E-state index in [4.69, 9.17) is 5.11 Å². The molecule has 0 aromatic rings. The van der Waals surface area contributed by atoms with E-state index in [1.165, 1.54) is 44.9 Å². The van der Waals surface area contributed by atoms with Crippen molar-refractivity contribution >= 4 is 39.4 Å². The van der Waals surface area contributed by atoms with Gasteiger partial charge in [0.2, 0.25) is 0 Å². The van der Waals surface area contributed by atoms with Gasteiger partial charge in [-0.25, -0.2) is 0 Å². The molecule has 141 valence electrons. The molecule has 1 nitrogen and oxygen atoms in total. The third kappa shape index (κ3) is 45.2. The van der Waals surface area contributed by atoms with Crippen LogP contribution in [0.3, 0.4) is 0 Å². The van der Waals surface area contributed by atoms with Crippen LogP contribution in [0.1, 0.15) is 93.9 Å². The zero-order valence-electron chi connectivity index (χ0n) is 16.5. The molecular weight excluding hydrogens is 432 g/mol.